The van der Waals surface area contributed by atoms with Gasteiger partial charge in [-0.1, -0.05) is 68.5 Å². The first-order valence-corrected chi connectivity index (χ1v) is 12.6. The number of anilines is 1. The molecular weight excluding hydrogens is 432 g/mol. The van der Waals surface area contributed by atoms with Crippen LogP contribution in [0.1, 0.15) is 50.7 Å². The molecule has 1 atom stereocenters. The fraction of sp³-hybridized carbons (Fsp3) is 0.458. The average Bonchev–Trinajstić information content (AvgIpc) is 2.74. The van der Waals surface area contributed by atoms with Crippen LogP contribution in [0.3, 0.4) is 0 Å². The van der Waals surface area contributed by atoms with E-state index >= 15 is 0 Å². The summed E-state index contributed by atoms with van der Waals surface area (Å²) in [7, 11) is -3.95. The number of hydrogen-bond donors (Lipinski definition) is 1. The number of rotatable bonds is 11. The Hall–Kier alpha value is -2.05. The van der Waals surface area contributed by atoms with Gasteiger partial charge in [0.15, 0.2) is 0 Å². The lowest BCUT2D eigenvalue weighted by atomic mass is 9.99. The fourth-order valence-corrected chi connectivity index (χ4v) is 5.02. The van der Waals surface area contributed by atoms with Crippen LogP contribution in [0.25, 0.3) is 0 Å². The highest BCUT2D eigenvalue weighted by molar-refractivity contribution is 7.92. The van der Waals surface area contributed by atoms with Crippen LogP contribution in [0.2, 0.25) is 5.02 Å². The van der Waals surface area contributed by atoms with Crippen molar-refractivity contribution in [3.8, 4) is 0 Å². The lowest BCUT2D eigenvalue weighted by Crippen LogP contribution is -2.42. The molecule has 2 aromatic carbocycles. The molecule has 0 heterocycles. The summed E-state index contributed by atoms with van der Waals surface area (Å²) in [6.07, 6.45) is 4.25. The van der Waals surface area contributed by atoms with Gasteiger partial charge in [-0.25, -0.2) is 8.42 Å². The Morgan fingerprint density at radius 3 is 2.39 bits per heavy atom. The molecule has 7 heteroatoms. The lowest BCUT2D eigenvalue weighted by Gasteiger charge is -2.26. The summed E-state index contributed by atoms with van der Waals surface area (Å²) in [5, 5.41) is 3.34. The number of sulfonamides is 1. The van der Waals surface area contributed by atoms with Gasteiger partial charge in [0.1, 0.15) is 6.54 Å². The zero-order valence-electron chi connectivity index (χ0n) is 18.8. The minimum atomic E-state index is -3.95. The van der Waals surface area contributed by atoms with Gasteiger partial charge in [0.05, 0.1) is 10.6 Å². The molecule has 31 heavy (non-hydrogen) atoms. The fourth-order valence-electron chi connectivity index (χ4n) is 3.38. The highest BCUT2D eigenvalue weighted by atomic mass is 35.5. The molecule has 0 fully saturated rings. The Balaban J connectivity index is 2.31. The van der Waals surface area contributed by atoms with Crippen molar-refractivity contribution in [2.75, 3.05) is 17.4 Å². The molecule has 0 aliphatic heterocycles. The number of hydrogen-bond acceptors (Lipinski definition) is 3. The van der Waals surface area contributed by atoms with Crippen molar-refractivity contribution >= 4 is 33.2 Å². The Bertz CT molecular complexity index is 975. The van der Waals surface area contributed by atoms with Gasteiger partial charge in [0.25, 0.3) is 10.0 Å². The minimum Gasteiger partial charge on any atom is -0.354 e. The summed E-state index contributed by atoms with van der Waals surface area (Å²) in [5.41, 5.74) is 2.09. The summed E-state index contributed by atoms with van der Waals surface area (Å²) in [6.45, 7) is 8.19. The van der Waals surface area contributed by atoms with Crippen molar-refractivity contribution in [1.82, 2.24) is 5.32 Å². The Morgan fingerprint density at radius 1 is 1.10 bits per heavy atom. The first-order valence-electron chi connectivity index (χ1n) is 10.8. The van der Waals surface area contributed by atoms with Crippen molar-refractivity contribution in [3.05, 3.63) is 58.6 Å². The number of carbonyl (C=O) groups is 1. The molecule has 0 radical (unpaired) electrons. The predicted octanol–water partition coefficient (Wildman–Crippen LogP) is 5.48. The molecule has 2 rings (SSSR count). The smallest absolute Gasteiger partial charge is 0.264 e. The third kappa shape index (κ3) is 6.97. The van der Waals surface area contributed by atoms with Gasteiger partial charge in [-0.3, -0.25) is 9.10 Å². The summed E-state index contributed by atoms with van der Waals surface area (Å²) < 4.78 is 28.1. The van der Waals surface area contributed by atoms with Crippen LogP contribution in [0.5, 0.6) is 0 Å². The largest absolute Gasteiger partial charge is 0.354 e. The van der Waals surface area contributed by atoms with E-state index in [1.54, 1.807) is 49.4 Å². The Labute approximate surface area is 191 Å². The van der Waals surface area contributed by atoms with E-state index in [2.05, 4.69) is 19.2 Å². The second-order valence-electron chi connectivity index (χ2n) is 7.98. The summed E-state index contributed by atoms with van der Waals surface area (Å²) in [4.78, 5) is 12.9. The van der Waals surface area contributed by atoms with Crippen LogP contribution in [0.15, 0.2) is 47.4 Å². The maximum Gasteiger partial charge on any atom is 0.264 e. The van der Waals surface area contributed by atoms with E-state index in [9.17, 15) is 13.2 Å². The molecule has 170 valence electrons. The number of nitrogens with one attached hydrogen (secondary N) is 1. The molecule has 1 amide bonds. The van der Waals surface area contributed by atoms with Crippen molar-refractivity contribution in [1.29, 1.82) is 0 Å². The van der Waals surface area contributed by atoms with E-state index in [4.69, 9.17) is 11.6 Å². The molecule has 0 unspecified atom stereocenters. The van der Waals surface area contributed by atoms with E-state index in [1.807, 2.05) is 6.92 Å². The topological polar surface area (TPSA) is 66.5 Å². The standard InChI is InChI=1S/C24H33ClN2O3S/c1-5-7-8-20(6-2)16-26-24(28)17-27(23-15-21(25)12-11-19(23)4)31(29,30)22-13-9-18(3)10-14-22/h9-15,20H,5-8,16-17H2,1-4H3,(H,26,28)/t20-/m0/s1. The van der Waals surface area contributed by atoms with Crippen LogP contribution >= 0.6 is 11.6 Å². The molecule has 2 aromatic rings. The van der Waals surface area contributed by atoms with E-state index in [0.717, 1.165) is 41.1 Å². The van der Waals surface area contributed by atoms with Crippen molar-refractivity contribution in [2.24, 2.45) is 5.92 Å². The van der Waals surface area contributed by atoms with Crippen LogP contribution in [0.4, 0.5) is 5.69 Å². The van der Waals surface area contributed by atoms with E-state index < -0.39 is 10.0 Å². The molecular formula is C24H33ClN2O3S. The lowest BCUT2D eigenvalue weighted by molar-refractivity contribution is -0.119. The molecule has 5 nitrogen and oxygen atoms in total. The molecule has 0 spiro atoms. The van der Waals surface area contributed by atoms with Gasteiger partial charge in [0, 0.05) is 11.6 Å². The van der Waals surface area contributed by atoms with Crippen molar-refractivity contribution in [3.63, 3.8) is 0 Å². The number of nitrogens with zero attached hydrogens (tertiary/aromatic N) is 1. The van der Waals surface area contributed by atoms with Crippen LogP contribution < -0.4 is 9.62 Å². The number of halogens is 1. The van der Waals surface area contributed by atoms with Crippen LogP contribution in [0, 0.1) is 19.8 Å². The van der Waals surface area contributed by atoms with E-state index in [0.29, 0.717) is 23.2 Å². The zero-order valence-corrected chi connectivity index (χ0v) is 20.4. The van der Waals surface area contributed by atoms with Gasteiger partial charge in [-0.05, 0) is 56.0 Å². The van der Waals surface area contributed by atoms with Crippen molar-refractivity contribution < 1.29 is 13.2 Å². The minimum absolute atomic E-state index is 0.139. The molecule has 1 N–H and O–H groups in total. The van der Waals surface area contributed by atoms with Crippen LogP contribution in [-0.4, -0.2) is 27.4 Å². The SMILES string of the molecule is CCCC[C@H](CC)CNC(=O)CN(c1cc(Cl)ccc1C)S(=O)(=O)c1ccc(C)cc1. The monoisotopic (exact) mass is 464 g/mol. The molecule has 0 aromatic heterocycles. The molecule has 0 aliphatic carbocycles. The van der Waals surface area contributed by atoms with E-state index in [-0.39, 0.29) is 17.3 Å². The van der Waals surface area contributed by atoms with Gasteiger partial charge in [-0.15, -0.1) is 0 Å². The van der Waals surface area contributed by atoms with Gasteiger partial charge in [0.2, 0.25) is 5.91 Å². The zero-order chi connectivity index (χ0) is 23.0. The summed E-state index contributed by atoms with van der Waals surface area (Å²) in [6, 6.07) is 11.7. The van der Waals surface area contributed by atoms with E-state index in [1.165, 1.54) is 0 Å². The third-order valence-corrected chi connectivity index (χ3v) is 7.48. The van der Waals surface area contributed by atoms with Gasteiger partial charge >= 0.3 is 0 Å². The van der Waals surface area contributed by atoms with Gasteiger partial charge < -0.3 is 5.32 Å². The Morgan fingerprint density at radius 2 is 1.77 bits per heavy atom. The van der Waals surface area contributed by atoms with Gasteiger partial charge in [-0.2, -0.15) is 0 Å². The third-order valence-electron chi connectivity index (χ3n) is 5.47. The number of amides is 1. The highest BCUT2D eigenvalue weighted by Gasteiger charge is 2.28. The number of benzene rings is 2. The molecule has 0 saturated carbocycles. The number of aryl methyl sites for hydroxylation is 2. The molecule has 0 saturated heterocycles. The van der Waals surface area contributed by atoms with Crippen LogP contribution in [-0.2, 0) is 14.8 Å². The average molecular weight is 465 g/mol. The molecule has 0 aliphatic rings. The first kappa shape index (κ1) is 25.2. The molecule has 0 bridgehead atoms. The number of unbranched alkanes of at least 4 members (excludes halogenated alkanes) is 1. The Kier molecular flexibility index (Phi) is 9.38. The summed E-state index contributed by atoms with van der Waals surface area (Å²) in [5.74, 6) is 0.0592. The quantitative estimate of drug-likeness (QED) is 0.478. The second kappa shape index (κ2) is 11.5. The maximum absolute atomic E-state index is 13.5. The maximum atomic E-state index is 13.5. The normalized spacial score (nSPS) is 12.4. The highest BCUT2D eigenvalue weighted by Crippen LogP contribution is 2.29. The predicted molar refractivity (Wildman–Crippen MR) is 128 cm³/mol. The number of carbonyl (C=O) groups excluding carboxylic acids is 1. The summed E-state index contributed by atoms with van der Waals surface area (Å²) >= 11 is 6.16. The second-order valence-corrected chi connectivity index (χ2v) is 10.3. The van der Waals surface area contributed by atoms with Crippen molar-refractivity contribution in [2.45, 2.75) is 58.3 Å². The first-order chi connectivity index (χ1) is 14.7.